The molecule has 4 aliphatic carbocycles. The van der Waals surface area contributed by atoms with Crippen molar-refractivity contribution in [2.75, 3.05) is 0 Å². The SMILES string of the molecule is CC(C)CCC[C@H](C)[C@@H]1CC[C@@H]2[C@H]3CC=C4C[C@H](OC(=O)OC(C)C)CC[C@@]4(C)[C@@H]3CC[C@]21C. The lowest BCUT2D eigenvalue weighted by atomic mass is 9.47. The summed E-state index contributed by atoms with van der Waals surface area (Å²) in [6.45, 7) is 16.3. The molecule has 0 aliphatic heterocycles. The smallest absolute Gasteiger partial charge is 0.432 e. The first-order chi connectivity index (χ1) is 16.0. The molecule has 0 aromatic carbocycles. The molecule has 3 fully saturated rings. The average molecular weight is 473 g/mol. The van der Waals surface area contributed by atoms with Crippen molar-refractivity contribution >= 4 is 6.16 Å². The zero-order chi connectivity index (χ0) is 24.7. The van der Waals surface area contributed by atoms with Crippen molar-refractivity contribution in [3.63, 3.8) is 0 Å². The van der Waals surface area contributed by atoms with Gasteiger partial charge in [0, 0.05) is 6.42 Å². The third kappa shape index (κ3) is 4.96. The largest absolute Gasteiger partial charge is 0.508 e. The van der Waals surface area contributed by atoms with Gasteiger partial charge in [0.1, 0.15) is 6.10 Å². The standard InChI is InChI=1S/C31H52O3/c1-20(2)9-8-10-22(5)26-13-14-27-25-12-11-23-19-24(34-29(32)33-21(3)4)15-17-30(23,6)28(25)16-18-31(26,27)7/h11,20-22,24-28H,8-10,12-19H2,1-7H3/t22-,24+,25+,26-,27+,28+,30+,31-/m0/s1. The van der Waals surface area contributed by atoms with E-state index in [4.69, 9.17) is 9.47 Å². The minimum absolute atomic E-state index is 0.0152. The molecule has 3 heteroatoms. The van der Waals surface area contributed by atoms with Crippen LogP contribution < -0.4 is 0 Å². The molecule has 4 rings (SSSR count). The molecule has 0 aromatic heterocycles. The van der Waals surface area contributed by atoms with Crippen molar-refractivity contribution < 1.29 is 14.3 Å². The Morgan fingerprint density at radius 1 is 1.00 bits per heavy atom. The fourth-order valence-corrected chi connectivity index (χ4v) is 9.11. The fraction of sp³-hybridized carbons (Fsp3) is 0.903. The first kappa shape index (κ1) is 26.1. The van der Waals surface area contributed by atoms with Gasteiger partial charge in [0.25, 0.3) is 0 Å². The summed E-state index contributed by atoms with van der Waals surface area (Å²) >= 11 is 0. The molecular formula is C31H52O3. The molecule has 194 valence electrons. The second-order valence-corrected chi connectivity index (χ2v) is 13.7. The lowest BCUT2D eigenvalue weighted by Gasteiger charge is -2.58. The Bertz CT molecular complexity index is 754. The quantitative estimate of drug-likeness (QED) is 0.274. The van der Waals surface area contributed by atoms with E-state index in [1.54, 1.807) is 5.57 Å². The maximum absolute atomic E-state index is 12.1. The van der Waals surface area contributed by atoms with Gasteiger partial charge in [-0.3, -0.25) is 0 Å². The van der Waals surface area contributed by atoms with Crippen molar-refractivity contribution in [2.24, 2.45) is 46.3 Å². The van der Waals surface area contributed by atoms with Crippen molar-refractivity contribution in [3.05, 3.63) is 11.6 Å². The highest BCUT2D eigenvalue weighted by atomic mass is 16.7. The molecule has 8 atom stereocenters. The molecule has 0 unspecified atom stereocenters. The average Bonchev–Trinajstić information content (AvgIpc) is 3.10. The number of fused-ring (bicyclic) bond motifs is 5. The summed E-state index contributed by atoms with van der Waals surface area (Å²) < 4.78 is 10.9. The highest BCUT2D eigenvalue weighted by molar-refractivity contribution is 5.60. The monoisotopic (exact) mass is 472 g/mol. The fourth-order valence-electron chi connectivity index (χ4n) is 9.11. The lowest BCUT2D eigenvalue weighted by molar-refractivity contribution is -0.0629. The Labute approximate surface area is 209 Å². The Morgan fingerprint density at radius 3 is 2.47 bits per heavy atom. The summed E-state index contributed by atoms with van der Waals surface area (Å²) in [4.78, 5) is 12.1. The van der Waals surface area contributed by atoms with Gasteiger partial charge >= 0.3 is 6.16 Å². The molecule has 0 N–H and O–H groups in total. The van der Waals surface area contributed by atoms with Crippen LogP contribution >= 0.6 is 0 Å². The van der Waals surface area contributed by atoms with E-state index in [1.165, 1.54) is 51.4 Å². The first-order valence-electron chi connectivity index (χ1n) is 14.6. The van der Waals surface area contributed by atoms with Gasteiger partial charge < -0.3 is 9.47 Å². The van der Waals surface area contributed by atoms with Crippen molar-refractivity contribution in [1.82, 2.24) is 0 Å². The molecule has 0 heterocycles. The minimum atomic E-state index is -0.495. The van der Waals surface area contributed by atoms with Gasteiger partial charge in [0.05, 0.1) is 6.10 Å². The van der Waals surface area contributed by atoms with E-state index in [1.807, 2.05) is 13.8 Å². The Morgan fingerprint density at radius 2 is 1.76 bits per heavy atom. The summed E-state index contributed by atoms with van der Waals surface area (Å²) in [5.74, 6) is 5.18. The molecule has 0 amide bonds. The number of hydrogen-bond donors (Lipinski definition) is 0. The van der Waals surface area contributed by atoms with Crippen LogP contribution in [0.3, 0.4) is 0 Å². The predicted molar refractivity (Wildman–Crippen MR) is 140 cm³/mol. The van der Waals surface area contributed by atoms with Gasteiger partial charge in [-0.25, -0.2) is 4.79 Å². The number of allylic oxidation sites excluding steroid dienone is 1. The summed E-state index contributed by atoms with van der Waals surface area (Å²) in [6.07, 6.45) is 16.1. The number of rotatable bonds is 7. The molecule has 0 aromatic rings. The number of carbonyl (C=O) groups excluding carboxylic acids is 1. The van der Waals surface area contributed by atoms with Crippen LogP contribution in [0.25, 0.3) is 0 Å². The van der Waals surface area contributed by atoms with E-state index in [9.17, 15) is 4.79 Å². The van der Waals surface area contributed by atoms with Gasteiger partial charge in [-0.05, 0) is 105 Å². The van der Waals surface area contributed by atoms with E-state index >= 15 is 0 Å². The molecular weight excluding hydrogens is 420 g/mol. The van der Waals surface area contributed by atoms with Gasteiger partial charge in [-0.1, -0.05) is 65.5 Å². The Hall–Kier alpha value is -0.990. The van der Waals surface area contributed by atoms with Gasteiger partial charge in [0.15, 0.2) is 0 Å². The van der Waals surface area contributed by atoms with Crippen LogP contribution in [-0.2, 0) is 9.47 Å². The number of carbonyl (C=O) groups is 1. The van der Waals surface area contributed by atoms with Crippen LogP contribution in [0, 0.1) is 46.3 Å². The summed E-state index contributed by atoms with van der Waals surface area (Å²) in [5.41, 5.74) is 2.41. The van der Waals surface area contributed by atoms with Crippen LogP contribution in [0.4, 0.5) is 4.79 Å². The van der Waals surface area contributed by atoms with E-state index in [0.29, 0.717) is 10.8 Å². The molecule has 3 nitrogen and oxygen atoms in total. The molecule has 0 saturated heterocycles. The Balaban J connectivity index is 1.42. The van der Waals surface area contributed by atoms with Crippen LogP contribution in [0.2, 0.25) is 0 Å². The second-order valence-electron chi connectivity index (χ2n) is 13.7. The van der Waals surface area contributed by atoms with Crippen LogP contribution in [0.5, 0.6) is 0 Å². The molecule has 0 radical (unpaired) electrons. The maximum atomic E-state index is 12.1. The zero-order valence-electron chi connectivity index (χ0n) is 23.2. The highest BCUT2D eigenvalue weighted by Crippen LogP contribution is 2.67. The normalized spacial score (nSPS) is 40.3. The second kappa shape index (κ2) is 10.2. The molecule has 3 saturated carbocycles. The minimum Gasteiger partial charge on any atom is -0.432 e. The van der Waals surface area contributed by atoms with E-state index in [-0.39, 0.29) is 12.2 Å². The van der Waals surface area contributed by atoms with E-state index < -0.39 is 6.16 Å². The third-order valence-electron chi connectivity index (χ3n) is 10.9. The predicted octanol–water partition coefficient (Wildman–Crippen LogP) is 8.96. The van der Waals surface area contributed by atoms with Crippen molar-refractivity contribution in [1.29, 1.82) is 0 Å². The summed E-state index contributed by atoms with van der Waals surface area (Å²) in [6, 6.07) is 0. The first-order valence-corrected chi connectivity index (χ1v) is 14.6. The number of ether oxygens (including phenoxy) is 2. The van der Waals surface area contributed by atoms with Crippen molar-refractivity contribution in [2.45, 2.75) is 131 Å². The lowest BCUT2D eigenvalue weighted by Crippen LogP contribution is -2.51. The van der Waals surface area contributed by atoms with Gasteiger partial charge in [0.2, 0.25) is 0 Å². The molecule has 0 spiro atoms. The van der Waals surface area contributed by atoms with Crippen molar-refractivity contribution in [3.8, 4) is 0 Å². The Kier molecular flexibility index (Phi) is 7.80. The number of hydrogen-bond acceptors (Lipinski definition) is 3. The zero-order valence-corrected chi connectivity index (χ0v) is 23.2. The molecule has 34 heavy (non-hydrogen) atoms. The van der Waals surface area contributed by atoms with E-state index in [2.05, 4.69) is 40.7 Å². The van der Waals surface area contributed by atoms with Crippen LogP contribution in [0.1, 0.15) is 119 Å². The highest BCUT2D eigenvalue weighted by Gasteiger charge is 2.59. The van der Waals surface area contributed by atoms with Gasteiger partial charge in [-0.2, -0.15) is 0 Å². The molecule has 4 aliphatic rings. The molecule has 0 bridgehead atoms. The van der Waals surface area contributed by atoms with Crippen LogP contribution in [-0.4, -0.2) is 18.4 Å². The third-order valence-corrected chi connectivity index (χ3v) is 10.9. The van der Waals surface area contributed by atoms with Gasteiger partial charge in [-0.15, -0.1) is 0 Å². The van der Waals surface area contributed by atoms with Crippen LogP contribution in [0.15, 0.2) is 11.6 Å². The summed E-state index contributed by atoms with van der Waals surface area (Å²) in [5, 5.41) is 0. The van der Waals surface area contributed by atoms with E-state index in [0.717, 1.165) is 54.8 Å². The maximum Gasteiger partial charge on any atom is 0.508 e. The topological polar surface area (TPSA) is 35.5 Å². The summed E-state index contributed by atoms with van der Waals surface area (Å²) in [7, 11) is 0.